The number of rotatable bonds is 3. The summed E-state index contributed by atoms with van der Waals surface area (Å²) in [7, 11) is 3.08. The van der Waals surface area contributed by atoms with E-state index in [1.165, 1.54) is 29.2 Å². The smallest absolute Gasteiger partial charge is 0.407 e. The molecule has 2 heterocycles. The third-order valence-electron chi connectivity index (χ3n) is 3.89. The van der Waals surface area contributed by atoms with Crippen molar-refractivity contribution in [2.45, 2.75) is 13.5 Å². The summed E-state index contributed by atoms with van der Waals surface area (Å²) in [6.07, 6.45) is -0.555. The molecule has 0 unspecified atom stereocenters. The average Bonchev–Trinajstić information content (AvgIpc) is 3.00. The minimum atomic E-state index is -0.555. The molecule has 0 saturated carbocycles. The Morgan fingerprint density at radius 3 is 2.80 bits per heavy atom. The van der Waals surface area contributed by atoms with Gasteiger partial charge in [-0.25, -0.2) is 14.2 Å². The summed E-state index contributed by atoms with van der Waals surface area (Å²) >= 11 is 1.26. The Labute approximate surface area is 146 Å². The molecular formula is C16H16N4O4S. The SMILES string of the molecule is CNC(=O)OCc1nsc2ccc(-n3c(=O)cc(C)n(C)c3=O)cc12. The highest BCUT2D eigenvalue weighted by Crippen LogP contribution is 2.25. The minimum Gasteiger partial charge on any atom is -0.443 e. The molecule has 1 amide bonds. The zero-order valence-electron chi connectivity index (χ0n) is 13.9. The molecule has 9 heteroatoms. The van der Waals surface area contributed by atoms with Crippen LogP contribution in [0.1, 0.15) is 11.4 Å². The maximum Gasteiger partial charge on any atom is 0.407 e. The summed E-state index contributed by atoms with van der Waals surface area (Å²) in [5, 5.41) is 3.10. The van der Waals surface area contributed by atoms with Crippen molar-refractivity contribution < 1.29 is 9.53 Å². The second kappa shape index (κ2) is 6.52. The van der Waals surface area contributed by atoms with Gasteiger partial charge in [-0.2, -0.15) is 4.37 Å². The number of benzene rings is 1. The number of amides is 1. The van der Waals surface area contributed by atoms with Gasteiger partial charge in [-0.15, -0.1) is 0 Å². The van der Waals surface area contributed by atoms with Gasteiger partial charge >= 0.3 is 11.8 Å². The number of nitrogens with zero attached hydrogens (tertiary/aromatic N) is 3. The minimum absolute atomic E-state index is 0.00390. The number of carbonyl (C=O) groups excluding carboxylic acids is 1. The Balaban J connectivity index is 2.11. The monoisotopic (exact) mass is 360 g/mol. The van der Waals surface area contributed by atoms with Crippen LogP contribution in [0.15, 0.2) is 33.9 Å². The fraction of sp³-hybridized carbons (Fsp3) is 0.250. The zero-order valence-corrected chi connectivity index (χ0v) is 14.7. The molecule has 8 nitrogen and oxygen atoms in total. The van der Waals surface area contributed by atoms with Gasteiger partial charge in [0.1, 0.15) is 6.61 Å². The van der Waals surface area contributed by atoms with Gasteiger partial charge in [0.15, 0.2) is 0 Å². The van der Waals surface area contributed by atoms with E-state index in [0.29, 0.717) is 17.1 Å². The summed E-state index contributed by atoms with van der Waals surface area (Å²) in [6.45, 7) is 1.71. The van der Waals surface area contributed by atoms with Gasteiger partial charge < -0.3 is 14.6 Å². The first-order valence-corrected chi connectivity index (χ1v) is 8.22. The van der Waals surface area contributed by atoms with Gasteiger partial charge in [-0.3, -0.25) is 4.79 Å². The van der Waals surface area contributed by atoms with E-state index in [1.54, 1.807) is 32.2 Å². The van der Waals surface area contributed by atoms with Crippen LogP contribution in [0.25, 0.3) is 15.8 Å². The second-order valence-corrected chi connectivity index (χ2v) is 6.24. The lowest BCUT2D eigenvalue weighted by Crippen LogP contribution is -2.38. The number of ether oxygens (including phenoxy) is 1. The number of aromatic nitrogens is 3. The van der Waals surface area contributed by atoms with Crippen molar-refractivity contribution >= 4 is 27.7 Å². The van der Waals surface area contributed by atoms with E-state index in [9.17, 15) is 14.4 Å². The summed E-state index contributed by atoms with van der Waals surface area (Å²) in [5.41, 5.74) is 0.785. The van der Waals surface area contributed by atoms with E-state index in [0.717, 1.165) is 14.7 Å². The second-order valence-electron chi connectivity index (χ2n) is 5.44. The van der Waals surface area contributed by atoms with Crippen LogP contribution >= 0.6 is 11.5 Å². The Bertz CT molecular complexity index is 1080. The van der Waals surface area contributed by atoms with E-state index in [1.807, 2.05) is 0 Å². The Hall–Kier alpha value is -2.94. The lowest BCUT2D eigenvalue weighted by Gasteiger charge is -2.09. The molecule has 25 heavy (non-hydrogen) atoms. The van der Waals surface area contributed by atoms with Gasteiger partial charge in [-0.1, -0.05) is 0 Å². The fourth-order valence-corrected chi connectivity index (χ4v) is 3.16. The lowest BCUT2D eigenvalue weighted by atomic mass is 10.2. The van der Waals surface area contributed by atoms with Gasteiger partial charge in [0.25, 0.3) is 5.56 Å². The zero-order chi connectivity index (χ0) is 18.1. The predicted molar refractivity (Wildman–Crippen MR) is 94.4 cm³/mol. The number of nitrogens with one attached hydrogen (secondary N) is 1. The molecular weight excluding hydrogens is 344 g/mol. The van der Waals surface area contributed by atoms with Crippen molar-refractivity contribution in [3.63, 3.8) is 0 Å². The summed E-state index contributed by atoms with van der Waals surface area (Å²) in [4.78, 5) is 36.0. The Morgan fingerprint density at radius 2 is 2.08 bits per heavy atom. The summed E-state index contributed by atoms with van der Waals surface area (Å²) in [6, 6.07) is 6.60. The normalized spacial score (nSPS) is 10.8. The van der Waals surface area contributed by atoms with Crippen LogP contribution in [0.5, 0.6) is 0 Å². The highest BCUT2D eigenvalue weighted by atomic mass is 32.1. The van der Waals surface area contributed by atoms with Crippen LogP contribution in [0.3, 0.4) is 0 Å². The molecule has 3 rings (SSSR count). The standard InChI is InChI=1S/C16H16N4O4S/c1-9-6-14(21)20(16(23)19(9)3)10-4-5-13-11(7-10)12(18-25-13)8-24-15(22)17-2/h4-7H,8H2,1-3H3,(H,17,22). The Kier molecular flexibility index (Phi) is 4.41. The molecule has 1 aromatic carbocycles. The molecule has 0 radical (unpaired) electrons. The first-order valence-electron chi connectivity index (χ1n) is 7.45. The molecule has 0 saturated heterocycles. The predicted octanol–water partition coefficient (Wildman–Crippen LogP) is 1.31. The van der Waals surface area contributed by atoms with Crippen molar-refractivity contribution in [3.05, 3.63) is 56.5 Å². The maximum absolute atomic E-state index is 12.5. The van der Waals surface area contributed by atoms with Crippen LogP contribution in [0, 0.1) is 6.92 Å². The molecule has 130 valence electrons. The van der Waals surface area contributed by atoms with E-state index >= 15 is 0 Å². The summed E-state index contributed by atoms with van der Waals surface area (Å²) < 4.78 is 12.7. The van der Waals surface area contributed by atoms with Crippen LogP contribution < -0.4 is 16.6 Å². The topological polar surface area (TPSA) is 95.2 Å². The molecule has 0 aliphatic carbocycles. The highest BCUT2D eigenvalue weighted by Gasteiger charge is 2.13. The largest absolute Gasteiger partial charge is 0.443 e. The van der Waals surface area contributed by atoms with E-state index in [4.69, 9.17) is 4.74 Å². The van der Waals surface area contributed by atoms with Gasteiger partial charge in [0, 0.05) is 31.2 Å². The number of aryl methyl sites for hydroxylation is 1. The number of hydrogen-bond donors (Lipinski definition) is 1. The number of hydrogen-bond acceptors (Lipinski definition) is 6. The average molecular weight is 360 g/mol. The van der Waals surface area contributed by atoms with Crippen LogP contribution in [-0.2, 0) is 18.4 Å². The third-order valence-corrected chi connectivity index (χ3v) is 4.75. The fourth-order valence-electron chi connectivity index (χ4n) is 2.40. The van der Waals surface area contributed by atoms with Crippen LogP contribution in [-0.4, -0.2) is 26.6 Å². The van der Waals surface area contributed by atoms with Crippen molar-refractivity contribution in [3.8, 4) is 5.69 Å². The molecule has 0 aliphatic rings. The van der Waals surface area contributed by atoms with E-state index < -0.39 is 17.3 Å². The molecule has 3 aromatic rings. The third kappa shape index (κ3) is 3.05. The summed E-state index contributed by atoms with van der Waals surface area (Å²) in [5.74, 6) is 0. The first kappa shape index (κ1) is 16.9. The maximum atomic E-state index is 12.5. The molecule has 2 aromatic heterocycles. The first-order chi connectivity index (χ1) is 11.9. The number of alkyl carbamates (subject to hydrolysis) is 1. The van der Waals surface area contributed by atoms with Crippen molar-refractivity contribution in [1.29, 1.82) is 0 Å². The number of fused-ring (bicyclic) bond motifs is 1. The molecule has 1 N–H and O–H groups in total. The van der Waals surface area contributed by atoms with Crippen LogP contribution in [0.4, 0.5) is 4.79 Å². The Morgan fingerprint density at radius 1 is 1.32 bits per heavy atom. The lowest BCUT2D eigenvalue weighted by molar-refractivity contribution is 0.141. The number of carbonyl (C=O) groups is 1. The van der Waals surface area contributed by atoms with Crippen molar-refractivity contribution in [1.82, 2.24) is 18.8 Å². The van der Waals surface area contributed by atoms with Gasteiger partial charge in [-0.05, 0) is 36.7 Å². The van der Waals surface area contributed by atoms with Crippen LogP contribution in [0.2, 0.25) is 0 Å². The quantitative estimate of drug-likeness (QED) is 0.760. The molecule has 0 bridgehead atoms. The van der Waals surface area contributed by atoms with Gasteiger partial charge in [0.2, 0.25) is 0 Å². The molecule has 0 atom stereocenters. The highest BCUT2D eigenvalue weighted by molar-refractivity contribution is 7.13. The molecule has 0 spiro atoms. The van der Waals surface area contributed by atoms with Gasteiger partial charge in [0.05, 0.1) is 16.1 Å². The van der Waals surface area contributed by atoms with Crippen molar-refractivity contribution in [2.24, 2.45) is 7.05 Å². The van der Waals surface area contributed by atoms with Crippen molar-refractivity contribution in [2.75, 3.05) is 7.05 Å². The van der Waals surface area contributed by atoms with E-state index in [-0.39, 0.29) is 6.61 Å². The molecule has 0 fully saturated rings. The van der Waals surface area contributed by atoms with E-state index in [2.05, 4.69) is 9.69 Å². The molecule has 0 aliphatic heterocycles.